The summed E-state index contributed by atoms with van der Waals surface area (Å²) in [4.78, 5) is 0. The van der Waals surface area contributed by atoms with Crippen LogP contribution in [0.3, 0.4) is 0 Å². The summed E-state index contributed by atoms with van der Waals surface area (Å²) in [7, 11) is -1.94. The molecule has 12 aliphatic carbocycles. The fourth-order valence-electron chi connectivity index (χ4n) is 20.4. The van der Waals surface area contributed by atoms with E-state index in [9.17, 15) is 0 Å². The van der Waals surface area contributed by atoms with E-state index < -0.39 is 8.07 Å². The van der Waals surface area contributed by atoms with Gasteiger partial charge in [-0.3, -0.25) is 0 Å². The van der Waals surface area contributed by atoms with E-state index in [-0.39, 0.29) is 10.8 Å². The molecule has 14 rings (SSSR count). The average molecular weight is 857 g/mol. The van der Waals surface area contributed by atoms with Crippen molar-refractivity contribution in [2.75, 3.05) is 0 Å². The highest BCUT2D eigenvalue weighted by Gasteiger charge is 2.63. The van der Waals surface area contributed by atoms with Crippen molar-refractivity contribution in [3.8, 4) is 0 Å². The molecule has 8 atom stereocenters. The van der Waals surface area contributed by atoms with E-state index in [0.29, 0.717) is 34.5 Å². The third-order valence-electron chi connectivity index (χ3n) is 21.5. The first-order valence-electron chi connectivity index (χ1n) is 27.0. The second-order valence-electron chi connectivity index (χ2n) is 28.1. The van der Waals surface area contributed by atoms with Crippen LogP contribution in [-0.4, -0.2) is 8.07 Å². The molecule has 12 aliphatic rings. The standard InChI is InChI=1S/C62H84Si/c1-59(2,3)49-19-15-45(16-20-49)51-11-9-13-53-55(51)29-47(37-61-31-39-23-40(32-61)25-41(24-39)33-61)57(53)63(7,8)58-48(38-62-34-42-26-43(35-62)28-44(27-42)36-62)30-56-52(12-10-14-54(56)58)46-17-21-50(22-18-46)60(4,5)6/h9-22,39-44,47-48,53-58H,23-38H2,1-8H3/t39?,40?,41?,42?,43?,44?,47?,48?,53?,54?,55-,56-,57?,58?,61?,62?/m0/s1. The van der Waals surface area contributed by atoms with Crippen molar-refractivity contribution in [3.05, 3.63) is 107 Å². The molecule has 1 heteroatoms. The molecule has 0 heterocycles. The van der Waals surface area contributed by atoms with Crippen molar-refractivity contribution < 1.29 is 0 Å². The topological polar surface area (TPSA) is 0 Å². The van der Waals surface area contributed by atoms with Crippen molar-refractivity contribution in [2.45, 2.75) is 179 Å². The van der Waals surface area contributed by atoms with Gasteiger partial charge in [-0.15, -0.1) is 0 Å². The lowest BCUT2D eigenvalue weighted by molar-refractivity contribution is -0.0659. The number of hydrogen-bond donors (Lipinski definition) is 0. The normalized spacial score (nSPS) is 43.3. The summed E-state index contributed by atoms with van der Waals surface area (Å²) in [6.07, 6.45) is 40.7. The molecule has 10 saturated carbocycles. The van der Waals surface area contributed by atoms with Gasteiger partial charge in [0, 0.05) is 0 Å². The molecular weight excluding hydrogens is 773 g/mol. The summed E-state index contributed by atoms with van der Waals surface area (Å²) in [5.74, 6) is 10.7. The maximum absolute atomic E-state index is 3.03. The first-order valence-corrected chi connectivity index (χ1v) is 30.2. The fraction of sp³-hybridized carbons (Fsp3) is 0.677. The Kier molecular flexibility index (Phi) is 9.87. The van der Waals surface area contributed by atoms with Crippen LogP contribution < -0.4 is 0 Å². The summed E-state index contributed by atoms with van der Waals surface area (Å²) < 4.78 is 0. The minimum atomic E-state index is -1.94. The smallest absolute Gasteiger partial charge is 0.0553 e. The van der Waals surface area contributed by atoms with Crippen LogP contribution in [0.5, 0.6) is 0 Å². The predicted octanol–water partition coefficient (Wildman–Crippen LogP) is 17.1. The summed E-state index contributed by atoms with van der Waals surface area (Å²) in [5, 5.41) is 0. The van der Waals surface area contributed by atoms with Gasteiger partial charge < -0.3 is 0 Å². The van der Waals surface area contributed by atoms with E-state index in [2.05, 4.69) is 140 Å². The SMILES string of the molecule is CC(C)(C)c1ccc(C2=CC=CC3C([Si](C)(C)C4C(CC56CC7CC(CC(C7)C5)C6)C[C@H]5C(c6ccc(C(C)(C)C)cc6)=CC=CC45)C(CC45CC6CC(CC(C6)C4)C5)C[C@@H]23)cc1. The summed E-state index contributed by atoms with van der Waals surface area (Å²) in [5.41, 5.74) is 12.7. The third-order valence-corrected chi connectivity index (χ3v) is 26.7. The first-order chi connectivity index (χ1) is 30.0. The lowest BCUT2D eigenvalue weighted by atomic mass is 9.48. The Balaban J connectivity index is 0.930. The van der Waals surface area contributed by atoms with E-state index in [1.54, 1.807) is 101 Å². The average Bonchev–Trinajstić information content (AvgIpc) is 3.77. The molecule has 0 aromatic heterocycles. The molecule has 0 aliphatic heterocycles. The molecule has 10 fully saturated rings. The maximum atomic E-state index is 3.03. The maximum Gasteiger partial charge on any atom is 0.0553 e. The molecule has 63 heavy (non-hydrogen) atoms. The van der Waals surface area contributed by atoms with Gasteiger partial charge in [0.25, 0.3) is 0 Å². The van der Waals surface area contributed by atoms with Gasteiger partial charge >= 0.3 is 0 Å². The molecule has 6 unspecified atom stereocenters. The Morgan fingerprint density at radius 2 is 0.778 bits per heavy atom. The Hall–Kier alpha value is -2.38. The zero-order chi connectivity index (χ0) is 43.3. The van der Waals surface area contributed by atoms with E-state index in [0.717, 1.165) is 58.4 Å². The first kappa shape index (κ1) is 42.0. The second kappa shape index (κ2) is 14.8. The number of fused-ring (bicyclic) bond motifs is 2. The number of rotatable bonds is 8. The van der Waals surface area contributed by atoms with Crippen molar-refractivity contribution in [1.29, 1.82) is 0 Å². The lowest BCUT2D eigenvalue weighted by Crippen LogP contribution is -2.51. The minimum absolute atomic E-state index is 0.184. The third kappa shape index (κ3) is 7.22. The van der Waals surface area contributed by atoms with Crippen LogP contribution >= 0.6 is 0 Å². The van der Waals surface area contributed by atoms with Crippen LogP contribution in [0.4, 0.5) is 0 Å². The van der Waals surface area contributed by atoms with Crippen molar-refractivity contribution in [1.82, 2.24) is 0 Å². The molecule has 0 saturated heterocycles. The fourth-order valence-corrected chi connectivity index (χ4v) is 26.4. The molecule has 2 aromatic carbocycles. The summed E-state index contributed by atoms with van der Waals surface area (Å²) in [6, 6.07) is 19.9. The van der Waals surface area contributed by atoms with Crippen LogP contribution in [0.15, 0.2) is 85.0 Å². The van der Waals surface area contributed by atoms with Crippen molar-refractivity contribution in [2.24, 2.45) is 81.8 Å². The monoisotopic (exact) mass is 857 g/mol. The second-order valence-corrected chi connectivity index (χ2v) is 33.1. The molecule has 336 valence electrons. The van der Waals surface area contributed by atoms with Crippen LogP contribution in [0.1, 0.15) is 167 Å². The van der Waals surface area contributed by atoms with Gasteiger partial charge in [-0.25, -0.2) is 0 Å². The van der Waals surface area contributed by atoms with E-state index in [4.69, 9.17) is 0 Å². The Labute approximate surface area is 385 Å². The number of allylic oxidation sites excluding steroid dienone is 8. The number of benzene rings is 2. The highest BCUT2D eigenvalue weighted by molar-refractivity contribution is 6.80. The summed E-state index contributed by atoms with van der Waals surface area (Å²) in [6.45, 7) is 20.3. The van der Waals surface area contributed by atoms with Crippen LogP contribution in [0.2, 0.25) is 24.2 Å². The van der Waals surface area contributed by atoms with E-state index in [1.807, 2.05) is 0 Å². The van der Waals surface area contributed by atoms with Crippen molar-refractivity contribution >= 4 is 19.2 Å². The highest BCUT2D eigenvalue weighted by Crippen LogP contribution is 2.71. The Bertz CT molecular complexity index is 1960. The Morgan fingerprint density at radius 1 is 0.460 bits per heavy atom. The molecular formula is C62H84Si. The quantitative estimate of drug-likeness (QED) is 0.232. The molecule has 0 spiro atoms. The predicted molar refractivity (Wildman–Crippen MR) is 270 cm³/mol. The molecule has 8 bridgehead atoms. The van der Waals surface area contributed by atoms with Crippen LogP contribution in [0.25, 0.3) is 11.1 Å². The van der Waals surface area contributed by atoms with Gasteiger partial charge in [0.15, 0.2) is 0 Å². The number of hydrogen-bond acceptors (Lipinski definition) is 0. The van der Waals surface area contributed by atoms with Gasteiger partial charge in [0.1, 0.15) is 0 Å². The Morgan fingerprint density at radius 3 is 1.08 bits per heavy atom. The molecule has 0 N–H and O–H groups in total. The van der Waals surface area contributed by atoms with E-state index in [1.165, 1.54) is 35.1 Å². The van der Waals surface area contributed by atoms with Gasteiger partial charge in [-0.2, -0.15) is 0 Å². The minimum Gasteiger partial charge on any atom is -0.0808 e. The largest absolute Gasteiger partial charge is 0.0808 e. The van der Waals surface area contributed by atoms with E-state index >= 15 is 0 Å². The van der Waals surface area contributed by atoms with Gasteiger partial charge in [-0.05, 0) is 240 Å². The van der Waals surface area contributed by atoms with Gasteiger partial charge in [0.2, 0.25) is 0 Å². The molecule has 0 amide bonds. The van der Waals surface area contributed by atoms with Gasteiger partial charge in [0.05, 0.1) is 8.07 Å². The summed E-state index contributed by atoms with van der Waals surface area (Å²) >= 11 is 0. The van der Waals surface area contributed by atoms with Crippen molar-refractivity contribution in [3.63, 3.8) is 0 Å². The van der Waals surface area contributed by atoms with Crippen LogP contribution in [-0.2, 0) is 10.8 Å². The molecule has 0 radical (unpaired) electrons. The highest BCUT2D eigenvalue weighted by atomic mass is 28.3. The molecule has 0 nitrogen and oxygen atoms in total. The van der Waals surface area contributed by atoms with Crippen LogP contribution in [0, 0.1) is 81.8 Å². The zero-order valence-electron chi connectivity index (χ0n) is 41.0. The molecule has 2 aromatic rings. The zero-order valence-corrected chi connectivity index (χ0v) is 42.0. The van der Waals surface area contributed by atoms with Gasteiger partial charge in [-0.1, -0.05) is 140 Å². The lowest BCUT2D eigenvalue weighted by Gasteiger charge is -2.59.